The summed E-state index contributed by atoms with van der Waals surface area (Å²) in [5.74, 6) is 0. The maximum atomic E-state index is 9.29. The molecule has 1 atom stereocenters. The van der Waals surface area contributed by atoms with Crippen LogP contribution in [0.3, 0.4) is 0 Å². The molecule has 0 spiro atoms. The third-order valence-corrected chi connectivity index (χ3v) is 4.57. The van der Waals surface area contributed by atoms with Crippen LogP contribution in [-0.4, -0.2) is 37.3 Å². The number of hydrogen-bond donors (Lipinski definition) is 3. The van der Waals surface area contributed by atoms with Crippen molar-refractivity contribution in [2.75, 3.05) is 11.9 Å². The lowest BCUT2D eigenvalue weighted by molar-refractivity contribution is 0.172. The van der Waals surface area contributed by atoms with Crippen LogP contribution in [0.5, 0.6) is 0 Å². The average molecular weight is 354 g/mol. The summed E-state index contributed by atoms with van der Waals surface area (Å²) in [7, 11) is 0. The average Bonchev–Trinajstić information content (AvgIpc) is 3.06. The number of fused-ring (bicyclic) bond motifs is 2. The molecule has 0 radical (unpaired) electrons. The van der Waals surface area contributed by atoms with Crippen LogP contribution in [-0.2, 0) is 12.2 Å². The molecule has 26 heavy (non-hydrogen) atoms. The molecule has 0 aliphatic carbocycles. The number of hydrogen-bond acceptors (Lipinski definition) is 6. The largest absolute Gasteiger partial charge is 0.395 e. The Morgan fingerprint density at radius 3 is 2.69 bits per heavy atom. The Morgan fingerprint density at radius 2 is 2.12 bits per heavy atom. The SMILES string of the molecule is CCC(CO)NC(C)(C)n1cnc2cncnc21.c1ccc2c(c1)CN2. The first-order chi connectivity index (χ1) is 12.5. The molecule has 7 nitrogen and oxygen atoms in total. The van der Waals surface area contributed by atoms with Crippen LogP contribution in [0.4, 0.5) is 5.69 Å². The van der Waals surface area contributed by atoms with E-state index in [0.717, 1.165) is 24.1 Å². The van der Waals surface area contributed by atoms with Gasteiger partial charge in [-0.25, -0.2) is 15.0 Å². The highest BCUT2D eigenvalue weighted by atomic mass is 16.3. The van der Waals surface area contributed by atoms with Crippen LogP contribution in [0.25, 0.3) is 11.2 Å². The Balaban J connectivity index is 0.000000201. The van der Waals surface area contributed by atoms with Gasteiger partial charge in [0.15, 0.2) is 5.65 Å². The van der Waals surface area contributed by atoms with Gasteiger partial charge < -0.3 is 10.4 Å². The summed E-state index contributed by atoms with van der Waals surface area (Å²) in [6.45, 7) is 7.28. The van der Waals surface area contributed by atoms with Gasteiger partial charge in [-0.3, -0.25) is 9.88 Å². The Labute approximate surface area is 153 Å². The molecule has 0 amide bonds. The van der Waals surface area contributed by atoms with Gasteiger partial charge >= 0.3 is 0 Å². The Bertz CT molecular complexity index is 833. The Hall–Kier alpha value is -2.51. The minimum absolute atomic E-state index is 0.0549. The number of anilines is 1. The molecular formula is C19H26N6O. The van der Waals surface area contributed by atoms with Crippen molar-refractivity contribution in [3.8, 4) is 0 Å². The van der Waals surface area contributed by atoms with Crippen molar-refractivity contribution in [2.24, 2.45) is 0 Å². The lowest BCUT2D eigenvalue weighted by Crippen LogP contribution is -2.48. The van der Waals surface area contributed by atoms with E-state index in [0.29, 0.717) is 0 Å². The molecule has 3 aromatic rings. The summed E-state index contributed by atoms with van der Waals surface area (Å²) in [6.07, 6.45) is 5.82. The highest BCUT2D eigenvalue weighted by molar-refractivity contribution is 5.69. The molecule has 2 aromatic heterocycles. The quantitative estimate of drug-likeness (QED) is 0.652. The number of aliphatic hydroxyl groups is 1. The Morgan fingerprint density at radius 1 is 1.31 bits per heavy atom. The molecular weight excluding hydrogens is 328 g/mol. The topological polar surface area (TPSA) is 87.9 Å². The van der Waals surface area contributed by atoms with E-state index in [9.17, 15) is 5.11 Å². The zero-order chi connectivity index (χ0) is 18.6. The number of benzene rings is 1. The van der Waals surface area contributed by atoms with Gasteiger partial charge in [-0.15, -0.1) is 0 Å². The molecule has 0 fully saturated rings. The van der Waals surface area contributed by atoms with E-state index < -0.39 is 0 Å². The number of nitrogens with zero attached hydrogens (tertiary/aromatic N) is 4. The fourth-order valence-electron chi connectivity index (χ4n) is 2.95. The predicted molar refractivity (Wildman–Crippen MR) is 103 cm³/mol. The van der Waals surface area contributed by atoms with Crippen LogP contribution in [0.2, 0.25) is 0 Å². The molecule has 1 aliphatic rings. The van der Waals surface area contributed by atoms with Crippen LogP contribution >= 0.6 is 0 Å². The maximum Gasteiger partial charge on any atom is 0.164 e. The standard InChI is InChI=1S/C12H19N5O.C7H7N/c1-4-9(6-18)16-12(2,3)17-8-15-10-5-13-7-14-11(10)17;1-2-4-7-6(3-1)5-8-7/h5,7-9,16,18H,4,6H2,1-3H3;1-4,8H,5H2. The molecule has 1 unspecified atom stereocenters. The second-order valence-corrected chi connectivity index (χ2v) is 6.85. The monoisotopic (exact) mass is 354 g/mol. The smallest absolute Gasteiger partial charge is 0.164 e. The highest BCUT2D eigenvalue weighted by Crippen LogP contribution is 2.23. The zero-order valence-electron chi connectivity index (χ0n) is 15.5. The van der Waals surface area contributed by atoms with Gasteiger partial charge in [-0.2, -0.15) is 0 Å². The number of imidazole rings is 1. The van der Waals surface area contributed by atoms with E-state index in [2.05, 4.69) is 43.8 Å². The molecule has 0 saturated heterocycles. The lowest BCUT2D eigenvalue weighted by Gasteiger charge is -2.32. The molecule has 0 bridgehead atoms. The molecule has 1 aromatic carbocycles. The number of aliphatic hydroxyl groups excluding tert-OH is 1. The minimum atomic E-state index is -0.369. The summed E-state index contributed by atoms with van der Waals surface area (Å²) < 4.78 is 1.96. The lowest BCUT2D eigenvalue weighted by atomic mass is 10.1. The molecule has 1 aliphatic heterocycles. The van der Waals surface area contributed by atoms with Gasteiger partial charge in [0.05, 0.1) is 24.8 Å². The Kier molecular flexibility index (Phi) is 5.49. The summed E-state index contributed by atoms with van der Waals surface area (Å²) >= 11 is 0. The molecule has 0 saturated carbocycles. The van der Waals surface area contributed by atoms with E-state index in [1.54, 1.807) is 12.5 Å². The van der Waals surface area contributed by atoms with E-state index in [1.165, 1.54) is 17.6 Å². The summed E-state index contributed by atoms with van der Waals surface area (Å²) in [4.78, 5) is 12.5. The van der Waals surface area contributed by atoms with Crippen molar-refractivity contribution in [1.82, 2.24) is 24.8 Å². The number of nitrogens with one attached hydrogen (secondary N) is 2. The van der Waals surface area contributed by atoms with Crippen LogP contribution < -0.4 is 10.6 Å². The summed E-state index contributed by atoms with van der Waals surface area (Å²) in [5.41, 5.74) is 3.92. The minimum Gasteiger partial charge on any atom is -0.395 e. The normalized spacial score (nSPS) is 13.8. The second kappa shape index (κ2) is 7.80. The highest BCUT2D eigenvalue weighted by Gasteiger charge is 2.25. The van der Waals surface area contributed by atoms with Crippen LogP contribution in [0.1, 0.15) is 32.8 Å². The number of para-hydroxylation sites is 1. The maximum absolute atomic E-state index is 9.29. The number of aromatic nitrogens is 4. The fraction of sp³-hybridized carbons (Fsp3) is 0.421. The van der Waals surface area contributed by atoms with Crippen molar-refractivity contribution in [3.05, 3.63) is 48.7 Å². The van der Waals surface area contributed by atoms with E-state index in [1.807, 2.05) is 31.4 Å². The van der Waals surface area contributed by atoms with Crippen molar-refractivity contribution in [2.45, 2.75) is 45.4 Å². The molecule has 3 heterocycles. The second-order valence-electron chi connectivity index (χ2n) is 6.85. The van der Waals surface area contributed by atoms with Crippen molar-refractivity contribution >= 4 is 16.9 Å². The molecule has 138 valence electrons. The van der Waals surface area contributed by atoms with Crippen molar-refractivity contribution < 1.29 is 5.11 Å². The molecule has 4 rings (SSSR count). The van der Waals surface area contributed by atoms with Gasteiger partial charge in [0.25, 0.3) is 0 Å². The van der Waals surface area contributed by atoms with Gasteiger partial charge in [0.1, 0.15) is 11.8 Å². The summed E-state index contributed by atoms with van der Waals surface area (Å²) in [5, 5.41) is 15.9. The molecule has 7 heteroatoms. The molecule has 3 N–H and O–H groups in total. The van der Waals surface area contributed by atoms with Crippen LogP contribution in [0, 0.1) is 0 Å². The predicted octanol–water partition coefficient (Wildman–Crippen LogP) is 2.49. The zero-order valence-corrected chi connectivity index (χ0v) is 15.5. The van der Waals surface area contributed by atoms with E-state index >= 15 is 0 Å². The van der Waals surface area contributed by atoms with Gasteiger partial charge in [0, 0.05) is 18.3 Å². The first-order valence-corrected chi connectivity index (χ1v) is 8.89. The van der Waals surface area contributed by atoms with Gasteiger partial charge in [0.2, 0.25) is 0 Å². The van der Waals surface area contributed by atoms with Gasteiger partial charge in [-0.05, 0) is 31.9 Å². The van der Waals surface area contributed by atoms with Crippen molar-refractivity contribution in [1.29, 1.82) is 0 Å². The fourth-order valence-corrected chi connectivity index (χ4v) is 2.95. The first-order valence-electron chi connectivity index (χ1n) is 8.89. The van der Waals surface area contributed by atoms with Crippen molar-refractivity contribution in [3.63, 3.8) is 0 Å². The van der Waals surface area contributed by atoms with E-state index in [-0.39, 0.29) is 18.3 Å². The van der Waals surface area contributed by atoms with E-state index in [4.69, 9.17) is 0 Å². The number of rotatable bonds is 5. The van der Waals surface area contributed by atoms with Gasteiger partial charge in [-0.1, -0.05) is 25.1 Å². The third-order valence-electron chi connectivity index (χ3n) is 4.57. The summed E-state index contributed by atoms with van der Waals surface area (Å²) in [6, 6.07) is 8.41. The third kappa shape index (κ3) is 3.84. The van der Waals surface area contributed by atoms with Crippen LogP contribution in [0.15, 0.2) is 43.1 Å². The first kappa shape index (κ1) is 18.3.